The van der Waals surface area contributed by atoms with Crippen LogP contribution < -0.4 is 5.73 Å². The molecule has 0 aromatic carbocycles. The van der Waals surface area contributed by atoms with Crippen molar-refractivity contribution in [2.75, 3.05) is 19.6 Å². The van der Waals surface area contributed by atoms with Crippen LogP contribution >= 0.6 is 0 Å². The first-order chi connectivity index (χ1) is 6.83. The van der Waals surface area contributed by atoms with Gasteiger partial charge in [0.05, 0.1) is 0 Å². The molecule has 90 valence electrons. The maximum atomic E-state index is 6.02. The third kappa shape index (κ3) is 3.46. The van der Waals surface area contributed by atoms with Crippen LogP contribution in [-0.2, 0) is 0 Å². The van der Waals surface area contributed by atoms with Gasteiger partial charge in [-0.05, 0) is 37.1 Å². The minimum absolute atomic E-state index is 0.242. The monoisotopic (exact) mass is 212 g/mol. The Morgan fingerprint density at radius 3 is 2.33 bits per heavy atom. The van der Waals surface area contributed by atoms with E-state index in [4.69, 9.17) is 5.73 Å². The van der Waals surface area contributed by atoms with E-state index in [-0.39, 0.29) is 11.5 Å². The maximum absolute atomic E-state index is 6.02. The molecule has 1 fully saturated rings. The summed E-state index contributed by atoms with van der Waals surface area (Å²) in [6.45, 7) is 15.0. The fraction of sp³-hybridized carbons (Fsp3) is 1.00. The summed E-state index contributed by atoms with van der Waals surface area (Å²) < 4.78 is 0. The fourth-order valence-corrected chi connectivity index (χ4v) is 2.27. The van der Waals surface area contributed by atoms with Crippen molar-refractivity contribution in [1.82, 2.24) is 4.90 Å². The Kier molecular flexibility index (Phi) is 4.19. The van der Waals surface area contributed by atoms with E-state index >= 15 is 0 Å². The van der Waals surface area contributed by atoms with E-state index < -0.39 is 0 Å². The third-order valence-electron chi connectivity index (χ3n) is 4.12. The molecule has 0 aliphatic carbocycles. The van der Waals surface area contributed by atoms with Crippen LogP contribution in [0.25, 0.3) is 0 Å². The molecule has 1 rings (SSSR count). The maximum Gasteiger partial charge on any atom is 0.00739 e. The van der Waals surface area contributed by atoms with Gasteiger partial charge in [0.1, 0.15) is 0 Å². The van der Waals surface area contributed by atoms with Crippen LogP contribution in [0.15, 0.2) is 0 Å². The molecule has 1 saturated heterocycles. The van der Waals surface area contributed by atoms with Crippen molar-refractivity contribution in [3.63, 3.8) is 0 Å². The number of likely N-dealkylation sites (tertiary alicyclic amines) is 1. The van der Waals surface area contributed by atoms with Crippen molar-refractivity contribution in [3.8, 4) is 0 Å². The van der Waals surface area contributed by atoms with Crippen molar-refractivity contribution in [2.24, 2.45) is 23.0 Å². The van der Waals surface area contributed by atoms with Crippen LogP contribution in [0.1, 0.15) is 41.0 Å². The second-order valence-corrected chi connectivity index (χ2v) is 6.31. The smallest absolute Gasteiger partial charge is 0.00739 e. The van der Waals surface area contributed by atoms with Crippen molar-refractivity contribution in [2.45, 2.75) is 47.1 Å². The molecule has 2 heteroatoms. The normalized spacial score (nSPS) is 26.2. The molecule has 0 bridgehead atoms. The first-order valence-corrected chi connectivity index (χ1v) is 6.31. The Hall–Kier alpha value is -0.0800. The largest absolute Gasteiger partial charge is 0.327 e. The highest BCUT2D eigenvalue weighted by molar-refractivity contribution is 4.85. The molecule has 2 atom stereocenters. The van der Waals surface area contributed by atoms with Gasteiger partial charge in [0.15, 0.2) is 0 Å². The molecule has 0 radical (unpaired) electrons. The lowest BCUT2D eigenvalue weighted by Crippen LogP contribution is -2.43. The molecule has 1 heterocycles. The van der Waals surface area contributed by atoms with Crippen LogP contribution in [0, 0.1) is 17.3 Å². The first kappa shape index (κ1) is 13.0. The van der Waals surface area contributed by atoms with Gasteiger partial charge in [0.25, 0.3) is 0 Å². The molecular formula is C13H28N2. The molecule has 2 nitrogen and oxygen atoms in total. The molecule has 2 unspecified atom stereocenters. The molecule has 0 saturated carbocycles. The topological polar surface area (TPSA) is 29.3 Å². The molecule has 1 aliphatic rings. The Balaban J connectivity index is 2.42. The van der Waals surface area contributed by atoms with E-state index in [0.717, 1.165) is 18.4 Å². The van der Waals surface area contributed by atoms with Gasteiger partial charge >= 0.3 is 0 Å². The van der Waals surface area contributed by atoms with Gasteiger partial charge in [0.2, 0.25) is 0 Å². The second kappa shape index (κ2) is 4.84. The average Bonchev–Trinajstić information content (AvgIpc) is 2.51. The van der Waals surface area contributed by atoms with Crippen LogP contribution in [0.3, 0.4) is 0 Å². The van der Waals surface area contributed by atoms with Gasteiger partial charge < -0.3 is 10.6 Å². The van der Waals surface area contributed by atoms with E-state index in [1.165, 1.54) is 19.5 Å². The first-order valence-electron chi connectivity index (χ1n) is 6.31. The lowest BCUT2D eigenvalue weighted by molar-refractivity contribution is 0.175. The van der Waals surface area contributed by atoms with Gasteiger partial charge in [0, 0.05) is 19.1 Å². The van der Waals surface area contributed by atoms with Crippen LogP contribution in [0.2, 0.25) is 0 Å². The number of hydrogen-bond acceptors (Lipinski definition) is 2. The summed E-state index contributed by atoms with van der Waals surface area (Å²) in [6, 6.07) is 0.274. The van der Waals surface area contributed by atoms with E-state index in [1.54, 1.807) is 0 Å². The second-order valence-electron chi connectivity index (χ2n) is 6.31. The zero-order valence-corrected chi connectivity index (χ0v) is 11.1. The predicted octanol–water partition coefficient (Wildman–Crippen LogP) is 2.34. The molecule has 0 aromatic rings. The summed E-state index contributed by atoms with van der Waals surface area (Å²) in [5.41, 5.74) is 6.26. The van der Waals surface area contributed by atoms with Crippen LogP contribution in [-0.4, -0.2) is 30.6 Å². The third-order valence-corrected chi connectivity index (χ3v) is 4.12. The summed E-state index contributed by atoms with van der Waals surface area (Å²) in [7, 11) is 0. The summed E-state index contributed by atoms with van der Waals surface area (Å²) in [4.78, 5) is 2.59. The molecule has 2 N–H and O–H groups in total. The Morgan fingerprint density at radius 1 is 1.33 bits per heavy atom. The SMILES string of the molecule is CC(C)C1CCN(CC(C)(C)C(C)N)C1. The molecule has 0 aromatic heterocycles. The van der Waals surface area contributed by atoms with Crippen LogP contribution in [0.5, 0.6) is 0 Å². The van der Waals surface area contributed by atoms with Gasteiger partial charge in [-0.1, -0.05) is 27.7 Å². The summed E-state index contributed by atoms with van der Waals surface area (Å²) in [6.07, 6.45) is 1.37. The van der Waals surface area contributed by atoms with Crippen molar-refractivity contribution in [1.29, 1.82) is 0 Å². The summed E-state index contributed by atoms with van der Waals surface area (Å²) in [5.74, 6) is 1.72. The Bertz CT molecular complexity index is 197. The van der Waals surface area contributed by atoms with Crippen molar-refractivity contribution in [3.05, 3.63) is 0 Å². The number of nitrogens with two attached hydrogens (primary N) is 1. The van der Waals surface area contributed by atoms with E-state index in [0.29, 0.717) is 0 Å². The van der Waals surface area contributed by atoms with Gasteiger partial charge in [-0.3, -0.25) is 0 Å². The zero-order chi connectivity index (χ0) is 11.6. The lowest BCUT2D eigenvalue weighted by atomic mass is 9.85. The molecule has 0 spiro atoms. The molecule has 15 heavy (non-hydrogen) atoms. The number of hydrogen-bond donors (Lipinski definition) is 1. The van der Waals surface area contributed by atoms with Crippen molar-refractivity contribution >= 4 is 0 Å². The minimum atomic E-state index is 0.242. The summed E-state index contributed by atoms with van der Waals surface area (Å²) in [5, 5.41) is 0. The highest BCUT2D eigenvalue weighted by atomic mass is 15.2. The van der Waals surface area contributed by atoms with E-state index in [1.807, 2.05) is 0 Å². The quantitative estimate of drug-likeness (QED) is 0.775. The predicted molar refractivity (Wildman–Crippen MR) is 66.8 cm³/mol. The van der Waals surface area contributed by atoms with Gasteiger partial charge in [-0.25, -0.2) is 0 Å². The number of nitrogens with zero attached hydrogens (tertiary/aromatic N) is 1. The highest BCUT2D eigenvalue weighted by Gasteiger charge is 2.31. The molecule has 1 aliphatic heterocycles. The Morgan fingerprint density at radius 2 is 1.93 bits per heavy atom. The van der Waals surface area contributed by atoms with E-state index in [9.17, 15) is 0 Å². The van der Waals surface area contributed by atoms with Gasteiger partial charge in [-0.15, -0.1) is 0 Å². The average molecular weight is 212 g/mol. The standard InChI is InChI=1S/C13H28N2/c1-10(2)12-6-7-15(8-12)9-13(4,5)11(3)14/h10-12H,6-9,14H2,1-5H3. The Labute approximate surface area is 95.2 Å². The van der Waals surface area contributed by atoms with Crippen LogP contribution in [0.4, 0.5) is 0 Å². The zero-order valence-electron chi connectivity index (χ0n) is 11.1. The fourth-order valence-electron chi connectivity index (χ4n) is 2.27. The highest BCUT2D eigenvalue weighted by Crippen LogP contribution is 2.28. The summed E-state index contributed by atoms with van der Waals surface area (Å²) >= 11 is 0. The minimum Gasteiger partial charge on any atom is -0.327 e. The van der Waals surface area contributed by atoms with Gasteiger partial charge in [-0.2, -0.15) is 0 Å². The number of rotatable bonds is 4. The van der Waals surface area contributed by atoms with E-state index in [2.05, 4.69) is 39.5 Å². The molecule has 0 amide bonds. The van der Waals surface area contributed by atoms with Crippen molar-refractivity contribution < 1.29 is 0 Å². The molecular weight excluding hydrogens is 184 g/mol. The lowest BCUT2D eigenvalue weighted by Gasteiger charge is -2.33.